The molecule has 0 radical (unpaired) electrons. The van der Waals surface area contributed by atoms with Crippen LogP contribution in [-0.4, -0.2) is 25.9 Å². The molecular weight excluding hydrogens is 434 g/mol. The number of hydrogen-bond acceptors (Lipinski definition) is 6. The number of nitro benzene ring substituents is 1. The molecule has 1 unspecified atom stereocenters. The van der Waals surface area contributed by atoms with Crippen LogP contribution in [0.2, 0.25) is 0 Å². The van der Waals surface area contributed by atoms with Gasteiger partial charge in [-0.2, -0.15) is 0 Å². The van der Waals surface area contributed by atoms with Crippen molar-refractivity contribution in [1.29, 1.82) is 0 Å². The molecule has 0 aromatic heterocycles. The predicted molar refractivity (Wildman–Crippen MR) is 117 cm³/mol. The molecule has 4 rings (SSSR count). The molecule has 3 aromatic rings. The number of fused-ring (bicyclic) bond motifs is 1. The number of nitrogens with one attached hydrogen (secondary N) is 2. The Bertz CT molecular complexity index is 1270. The van der Waals surface area contributed by atoms with E-state index in [0.717, 1.165) is 17.4 Å². The summed E-state index contributed by atoms with van der Waals surface area (Å²) in [6, 6.07) is 18.0. The largest absolute Gasteiger partial charge is 0.493 e. The average Bonchev–Trinajstić information content (AvgIpc) is 2.79. The van der Waals surface area contributed by atoms with Crippen molar-refractivity contribution in [2.45, 2.75) is 17.4 Å². The normalized spacial score (nSPS) is 15.2. The summed E-state index contributed by atoms with van der Waals surface area (Å²) in [6.07, 6.45) is 0.643. The average molecular weight is 453 g/mol. The molecule has 1 amide bonds. The van der Waals surface area contributed by atoms with Crippen LogP contribution in [0.15, 0.2) is 77.7 Å². The number of carbonyl (C=O) groups is 1. The fraction of sp³-hybridized carbons (Fsp3) is 0.136. The topological polar surface area (TPSA) is 128 Å². The predicted octanol–water partition coefficient (Wildman–Crippen LogP) is 3.65. The molecule has 1 aliphatic rings. The number of para-hydroxylation sites is 1. The molecule has 0 saturated heterocycles. The number of nitrogens with zero attached hydrogens (tertiary/aromatic N) is 1. The van der Waals surface area contributed by atoms with Gasteiger partial charge in [0.05, 0.1) is 22.5 Å². The van der Waals surface area contributed by atoms with Crippen molar-refractivity contribution in [3.05, 3.63) is 94.0 Å². The quantitative estimate of drug-likeness (QED) is 0.433. The lowest BCUT2D eigenvalue weighted by molar-refractivity contribution is -0.385. The van der Waals surface area contributed by atoms with Crippen molar-refractivity contribution in [1.82, 2.24) is 5.32 Å². The molecule has 10 heteroatoms. The van der Waals surface area contributed by atoms with Crippen LogP contribution in [-0.2, 0) is 10.0 Å². The lowest BCUT2D eigenvalue weighted by Gasteiger charge is -2.26. The summed E-state index contributed by atoms with van der Waals surface area (Å²) in [5, 5.41) is 13.9. The Labute approximate surface area is 184 Å². The Morgan fingerprint density at radius 1 is 1.03 bits per heavy atom. The van der Waals surface area contributed by atoms with Crippen LogP contribution in [0.1, 0.15) is 28.4 Å². The van der Waals surface area contributed by atoms with Crippen LogP contribution >= 0.6 is 0 Å². The maximum absolute atomic E-state index is 12.7. The molecule has 1 aliphatic heterocycles. The van der Waals surface area contributed by atoms with Gasteiger partial charge in [0.25, 0.3) is 21.6 Å². The molecule has 164 valence electrons. The van der Waals surface area contributed by atoms with E-state index in [1.807, 2.05) is 24.3 Å². The lowest BCUT2D eigenvalue weighted by Crippen LogP contribution is -2.32. The second kappa shape index (κ2) is 8.67. The highest BCUT2D eigenvalue weighted by Gasteiger charge is 2.23. The maximum Gasteiger partial charge on any atom is 0.270 e. The molecule has 0 saturated carbocycles. The first-order valence-corrected chi connectivity index (χ1v) is 11.2. The molecule has 1 heterocycles. The minimum atomic E-state index is -4.03. The number of benzene rings is 3. The van der Waals surface area contributed by atoms with Crippen molar-refractivity contribution in [2.75, 3.05) is 11.3 Å². The van der Waals surface area contributed by atoms with Crippen molar-refractivity contribution in [3.8, 4) is 5.75 Å². The van der Waals surface area contributed by atoms with Crippen molar-refractivity contribution in [2.24, 2.45) is 0 Å². The lowest BCUT2D eigenvalue weighted by atomic mass is 10.00. The Morgan fingerprint density at radius 3 is 2.53 bits per heavy atom. The van der Waals surface area contributed by atoms with Gasteiger partial charge in [0.2, 0.25) is 0 Å². The standard InChI is InChI=1S/C22H19N3O6S/c26-22(23-20-12-13-31-21-7-2-1-6-19(20)21)15-8-10-16(11-9-15)24-32(29,30)18-5-3-4-17(14-18)25(27)28/h1-11,14,20,24H,12-13H2,(H,23,26). The van der Waals surface area contributed by atoms with Crippen molar-refractivity contribution < 1.29 is 22.9 Å². The van der Waals surface area contributed by atoms with Crippen molar-refractivity contribution in [3.63, 3.8) is 0 Å². The number of carbonyl (C=O) groups excluding carboxylic acids is 1. The van der Waals surface area contributed by atoms with E-state index < -0.39 is 14.9 Å². The summed E-state index contributed by atoms with van der Waals surface area (Å²) in [7, 11) is -4.03. The van der Waals surface area contributed by atoms with E-state index in [1.54, 1.807) is 0 Å². The highest BCUT2D eigenvalue weighted by atomic mass is 32.2. The zero-order valence-electron chi connectivity index (χ0n) is 16.7. The van der Waals surface area contributed by atoms with Crippen LogP contribution in [0.25, 0.3) is 0 Å². The van der Waals surface area contributed by atoms with E-state index in [4.69, 9.17) is 4.74 Å². The summed E-state index contributed by atoms with van der Waals surface area (Å²) >= 11 is 0. The first kappa shape index (κ1) is 21.3. The highest BCUT2D eigenvalue weighted by molar-refractivity contribution is 7.92. The molecule has 2 N–H and O–H groups in total. The number of non-ortho nitro benzene ring substituents is 1. The van der Waals surface area contributed by atoms with Gasteiger partial charge < -0.3 is 10.1 Å². The zero-order chi connectivity index (χ0) is 22.7. The smallest absolute Gasteiger partial charge is 0.270 e. The summed E-state index contributed by atoms with van der Waals surface area (Å²) < 4.78 is 33.1. The van der Waals surface area contributed by atoms with Crippen LogP contribution in [0.4, 0.5) is 11.4 Å². The summed E-state index contributed by atoms with van der Waals surface area (Å²) in [5.41, 5.74) is 1.18. The molecule has 0 aliphatic carbocycles. The van der Waals surface area contributed by atoms with Gasteiger partial charge in [0, 0.05) is 35.4 Å². The fourth-order valence-corrected chi connectivity index (χ4v) is 4.50. The molecule has 3 aromatic carbocycles. The number of ether oxygens (including phenoxy) is 1. The number of anilines is 1. The maximum atomic E-state index is 12.7. The number of sulfonamides is 1. The van der Waals surface area contributed by atoms with Crippen LogP contribution in [0, 0.1) is 10.1 Å². The van der Waals surface area contributed by atoms with Gasteiger partial charge in [-0.1, -0.05) is 24.3 Å². The Hall–Kier alpha value is -3.92. The van der Waals surface area contributed by atoms with Crippen LogP contribution in [0.5, 0.6) is 5.75 Å². The van der Waals surface area contributed by atoms with E-state index >= 15 is 0 Å². The van der Waals surface area contributed by atoms with E-state index in [0.29, 0.717) is 18.6 Å². The minimum Gasteiger partial charge on any atom is -0.493 e. The molecule has 0 bridgehead atoms. The number of hydrogen-bond donors (Lipinski definition) is 2. The monoisotopic (exact) mass is 453 g/mol. The summed E-state index contributed by atoms with van der Waals surface area (Å²) in [4.78, 5) is 22.7. The molecule has 0 fully saturated rings. The minimum absolute atomic E-state index is 0.181. The van der Waals surface area contributed by atoms with Gasteiger partial charge in [-0.05, 0) is 36.4 Å². The van der Waals surface area contributed by atoms with Gasteiger partial charge in [0.1, 0.15) is 5.75 Å². The van der Waals surface area contributed by atoms with E-state index in [2.05, 4.69) is 10.0 Å². The molecular formula is C22H19N3O6S. The van der Waals surface area contributed by atoms with Gasteiger partial charge in [-0.3, -0.25) is 19.6 Å². The second-order valence-electron chi connectivity index (χ2n) is 7.14. The van der Waals surface area contributed by atoms with Crippen molar-refractivity contribution >= 4 is 27.3 Å². The van der Waals surface area contributed by atoms with E-state index in [9.17, 15) is 23.3 Å². The molecule has 9 nitrogen and oxygen atoms in total. The third-order valence-corrected chi connectivity index (χ3v) is 6.38. The zero-order valence-corrected chi connectivity index (χ0v) is 17.5. The SMILES string of the molecule is O=C(NC1CCOc2ccccc21)c1ccc(NS(=O)(=O)c2cccc([N+](=O)[O-])c2)cc1. The van der Waals surface area contributed by atoms with E-state index in [1.165, 1.54) is 42.5 Å². The Kier molecular flexibility index (Phi) is 5.78. The number of rotatable bonds is 6. The summed E-state index contributed by atoms with van der Waals surface area (Å²) in [6.45, 7) is 0.500. The Balaban J connectivity index is 1.46. The molecule has 0 spiro atoms. The van der Waals surface area contributed by atoms with E-state index in [-0.39, 0.29) is 28.2 Å². The third-order valence-electron chi connectivity index (χ3n) is 5.00. The molecule has 1 atom stereocenters. The summed E-state index contributed by atoms with van der Waals surface area (Å²) in [5.74, 6) is 0.453. The first-order chi connectivity index (χ1) is 15.3. The second-order valence-corrected chi connectivity index (χ2v) is 8.82. The van der Waals surface area contributed by atoms with Gasteiger partial charge in [-0.25, -0.2) is 8.42 Å². The third kappa shape index (κ3) is 4.54. The van der Waals surface area contributed by atoms with Gasteiger partial charge >= 0.3 is 0 Å². The number of nitro groups is 1. The molecule has 32 heavy (non-hydrogen) atoms. The van der Waals surface area contributed by atoms with Gasteiger partial charge in [0.15, 0.2) is 0 Å². The van der Waals surface area contributed by atoms with Crippen LogP contribution < -0.4 is 14.8 Å². The highest BCUT2D eigenvalue weighted by Crippen LogP contribution is 2.31. The Morgan fingerprint density at radius 2 is 1.78 bits per heavy atom. The van der Waals surface area contributed by atoms with Gasteiger partial charge in [-0.15, -0.1) is 0 Å². The fourth-order valence-electron chi connectivity index (χ4n) is 3.40. The first-order valence-electron chi connectivity index (χ1n) is 9.73. The van der Waals surface area contributed by atoms with Crippen LogP contribution in [0.3, 0.4) is 0 Å². The number of amides is 1.